The number of amides is 1. The molecular weight excluding hydrogens is 490 g/mol. The summed E-state index contributed by atoms with van der Waals surface area (Å²) in [6.45, 7) is 3.51. The van der Waals surface area contributed by atoms with Gasteiger partial charge < -0.3 is 10.1 Å². The largest absolute Gasteiger partial charge is 0.465 e. The first kappa shape index (κ1) is 25.7. The van der Waals surface area contributed by atoms with Crippen LogP contribution in [0.4, 0.5) is 5.69 Å². The molecule has 0 saturated heterocycles. The fourth-order valence-electron chi connectivity index (χ4n) is 3.68. The zero-order valence-electron chi connectivity index (χ0n) is 20.6. The number of pyridine rings is 2. The van der Waals surface area contributed by atoms with Crippen LogP contribution >= 0.6 is 0 Å². The molecule has 0 aliphatic rings. The van der Waals surface area contributed by atoms with E-state index in [1.807, 2.05) is 6.07 Å². The summed E-state index contributed by atoms with van der Waals surface area (Å²) in [6, 6.07) is 18.5. The molecule has 1 amide bonds. The molecule has 0 saturated carbocycles. The second-order valence-electron chi connectivity index (χ2n) is 8.47. The second-order valence-corrected chi connectivity index (χ2v) is 10.5. The molecule has 1 N–H and O–H groups in total. The van der Waals surface area contributed by atoms with E-state index in [9.17, 15) is 18.0 Å². The molecule has 2 heterocycles. The highest BCUT2D eigenvalue weighted by atomic mass is 32.2. The molecule has 188 valence electrons. The van der Waals surface area contributed by atoms with Crippen molar-refractivity contribution in [2.24, 2.45) is 0 Å². The number of carbonyl (C=O) groups is 2. The number of aromatic nitrogens is 2. The number of carbonyl (C=O) groups excluding carboxylic acids is 2. The first-order valence-corrected chi connectivity index (χ1v) is 13.0. The number of hydrogen-bond acceptors (Lipinski definition) is 7. The molecule has 2 aromatic heterocycles. The molecule has 37 heavy (non-hydrogen) atoms. The van der Waals surface area contributed by atoms with Crippen LogP contribution in [0.25, 0.3) is 11.1 Å². The summed E-state index contributed by atoms with van der Waals surface area (Å²) < 4.78 is 30.1. The van der Waals surface area contributed by atoms with Gasteiger partial charge in [-0.1, -0.05) is 24.3 Å². The Hall–Kier alpha value is -4.37. The third-order valence-corrected chi connectivity index (χ3v) is 7.44. The number of nitrogens with zero attached hydrogens (tertiary/aromatic N) is 2. The van der Waals surface area contributed by atoms with Crippen LogP contribution in [0.1, 0.15) is 37.7 Å². The average Bonchev–Trinajstić information content (AvgIpc) is 2.90. The predicted molar refractivity (Wildman–Crippen MR) is 140 cm³/mol. The maximum atomic E-state index is 12.9. The van der Waals surface area contributed by atoms with E-state index >= 15 is 0 Å². The van der Waals surface area contributed by atoms with E-state index in [-0.39, 0.29) is 16.6 Å². The van der Waals surface area contributed by atoms with Crippen molar-refractivity contribution in [3.05, 3.63) is 107 Å². The van der Waals surface area contributed by atoms with Gasteiger partial charge in [-0.05, 0) is 67.4 Å². The normalized spacial score (nSPS) is 11.1. The van der Waals surface area contributed by atoms with Crippen molar-refractivity contribution >= 4 is 27.4 Å². The van der Waals surface area contributed by atoms with Crippen LogP contribution in [0.5, 0.6) is 0 Å². The lowest BCUT2D eigenvalue weighted by Crippen LogP contribution is -2.12. The molecule has 8 nitrogen and oxygen atoms in total. The van der Waals surface area contributed by atoms with Crippen LogP contribution < -0.4 is 5.32 Å². The number of anilines is 1. The van der Waals surface area contributed by atoms with E-state index in [0.717, 1.165) is 11.3 Å². The number of aryl methyl sites for hydroxylation is 2. The molecule has 4 aromatic rings. The molecule has 0 radical (unpaired) electrons. The van der Waals surface area contributed by atoms with E-state index in [1.165, 1.54) is 13.3 Å². The Morgan fingerprint density at radius 1 is 0.892 bits per heavy atom. The molecule has 0 unspecified atom stereocenters. The minimum absolute atomic E-state index is 0.165. The van der Waals surface area contributed by atoms with E-state index in [0.29, 0.717) is 33.6 Å². The molecule has 0 aliphatic heterocycles. The van der Waals surface area contributed by atoms with Crippen LogP contribution in [0.2, 0.25) is 0 Å². The molecule has 0 spiro atoms. The lowest BCUT2D eigenvalue weighted by molar-refractivity contribution is 0.0599. The zero-order chi connectivity index (χ0) is 26.6. The Bertz CT molecular complexity index is 1560. The first-order valence-electron chi connectivity index (χ1n) is 11.4. The summed E-state index contributed by atoms with van der Waals surface area (Å²) in [7, 11) is -2.23. The number of hydrogen-bond donors (Lipinski definition) is 1. The van der Waals surface area contributed by atoms with Gasteiger partial charge in [-0.3, -0.25) is 14.8 Å². The van der Waals surface area contributed by atoms with Crippen molar-refractivity contribution < 1.29 is 22.7 Å². The van der Waals surface area contributed by atoms with Gasteiger partial charge in [-0.25, -0.2) is 13.2 Å². The van der Waals surface area contributed by atoms with Gasteiger partial charge in [0.2, 0.25) is 0 Å². The Morgan fingerprint density at radius 2 is 1.65 bits per heavy atom. The summed E-state index contributed by atoms with van der Waals surface area (Å²) in [5, 5.41) is 2.82. The lowest BCUT2D eigenvalue weighted by atomic mass is 10.0. The summed E-state index contributed by atoms with van der Waals surface area (Å²) in [5.74, 6) is -0.986. The lowest BCUT2D eigenvalue weighted by Gasteiger charge is -2.10. The quantitative estimate of drug-likeness (QED) is 0.352. The minimum atomic E-state index is -3.54. The van der Waals surface area contributed by atoms with Crippen LogP contribution in [-0.4, -0.2) is 37.4 Å². The highest BCUT2D eigenvalue weighted by molar-refractivity contribution is 7.90. The molecule has 0 fully saturated rings. The topological polar surface area (TPSA) is 115 Å². The van der Waals surface area contributed by atoms with Crippen LogP contribution in [0.15, 0.2) is 84.0 Å². The predicted octanol–water partition coefficient (Wildman–Crippen LogP) is 4.77. The van der Waals surface area contributed by atoms with E-state index in [1.54, 1.807) is 80.7 Å². The summed E-state index contributed by atoms with van der Waals surface area (Å²) in [5.41, 5.74) is 4.58. The number of nitrogens with one attached hydrogen (secondary N) is 1. The van der Waals surface area contributed by atoms with Crippen LogP contribution in [-0.2, 0) is 20.3 Å². The number of methoxy groups -OCH3 is 1. The van der Waals surface area contributed by atoms with Crippen molar-refractivity contribution in [2.75, 3.05) is 12.4 Å². The molecular formula is C28H25N3O5S. The van der Waals surface area contributed by atoms with E-state index in [4.69, 9.17) is 4.74 Å². The Balaban J connectivity index is 1.47. The number of esters is 1. The highest BCUT2D eigenvalue weighted by Crippen LogP contribution is 2.24. The van der Waals surface area contributed by atoms with Crippen molar-refractivity contribution in [3.8, 4) is 11.1 Å². The third-order valence-electron chi connectivity index (χ3n) is 5.76. The van der Waals surface area contributed by atoms with Crippen molar-refractivity contribution in [1.82, 2.24) is 9.97 Å². The van der Waals surface area contributed by atoms with Gasteiger partial charge in [0, 0.05) is 34.9 Å². The SMILES string of the molecule is COC(=O)c1cc(-c2cccc(C(=O)Nc3ccc(CS(=O)(=O)c4ccc(C)nc4)cc3)c2)cnc1C. The Labute approximate surface area is 215 Å². The molecule has 0 atom stereocenters. The maximum Gasteiger partial charge on any atom is 0.339 e. The molecule has 9 heteroatoms. The van der Waals surface area contributed by atoms with Crippen molar-refractivity contribution in [3.63, 3.8) is 0 Å². The minimum Gasteiger partial charge on any atom is -0.465 e. The highest BCUT2D eigenvalue weighted by Gasteiger charge is 2.16. The zero-order valence-corrected chi connectivity index (χ0v) is 21.4. The number of ether oxygens (including phenoxy) is 1. The van der Waals surface area contributed by atoms with Gasteiger partial charge in [0.05, 0.1) is 29.0 Å². The van der Waals surface area contributed by atoms with Gasteiger partial charge in [-0.2, -0.15) is 0 Å². The summed E-state index contributed by atoms with van der Waals surface area (Å²) in [6.07, 6.45) is 2.99. The first-order chi connectivity index (χ1) is 17.7. The standard InChI is InChI=1S/C28H25N3O5S/c1-18-7-12-25(16-29-18)37(34,35)17-20-8-10-24(11-9-20)31-27(32)22-6-4-5-21(13-22)23-14-26(28(33)36-3)19(2)30-15-23/h4-16H,17H2,1-3H3,(H,31,32). The van der Waals surface area contributed by atoms with Crippen LogP contribution in [0, 0.1) is 13.8 Å². The van der Waals surface area contributed by atoms with Crippen molar-refractivity contribution in [2.45, 2.75) is 24.5 Å². The van der Waals surface area contributed by atoms with Crippen LogP contribution in [0.3, 0.4) is 0 Å². The summed E-state index contributed by atoms with van der Waals surface area (Å²) >= 11 is 0. The van der Waals surface area contributed by atoms with Gasteiger partial charge >= 0.3 is 5.97 Å². The monoisotopic (exact) mass is 515 g/mol. The molecule has 4 rings (SSSR count). The number of benzene rings is 2. The maximum absolute atomic E-state index is 12.9. The fraction of sp³-hybridized carbons (Fsp3) is 0.143. The molecule has 0 bridgehead atoms. The summed E-state index contributed by atoms with van der Waals surface area (Å²) in [4.78, 5) is 33.4. The van der Waals surface area contributed by atoms with Gasteiger partial charge in [0.15, 0.2) is 9.84 Å². The number of rotatable bonds is 7. The van der Waals surface area contributed by atoms with Gasteiger partial charge in [0.1, 0.15) is 0 Å². The average molecular weight is 516 g/mol. The number of sulfone groups is 1. The third kappa shape index (κ3) is 6.07. The smallest absolute Gasteiger partial charge is 0.339 e. The van der Waals surface area contributed by atoms with E-state index < -0.39 is 15.8 Å². The fourth-order valence-corrected chi connectivity index (χ4v) is 4.96. The Kier molecular flexibility index (Phi) is 7.45. The van der Waals surface area contributed by atoms with E-state index in [2.05, 4.69) is 15.3 Å². The molecule has 2 aromatic carbocycles. The molecule has 0 aliphatic carbocycles. The van der Waals surface area contributed by atoms with Gasteiger partial charge in [-0.15, -0.1) is 0 Å². The van der Waals surface area contributed by atoms with Gasteiger partial charge in [0.25, 0.3) is 5.91 Å². The Morgan fingerprint density at radius 3 is 2.32 bits per heavy atom. The second kappa shape index (κ2) is 10.7. The van der Waals surface area contributed by atoms with Crippen molar-refractivity contribution in [1.29, 1.82) is 0 Å².